The van der Waals surface area contributed by atoms with E-state index in [1.165, 1.54) is 38.3 Å². The van der Waals surface area contributed by atoms with Crippen LogP contribution in [0.1, 0.15) is 5.56 Å². The molecule has 0 fully saturated rings. The Morgan fingerprint density at radius 3 is 2.52 bits per heavy atom. The summed E-state index contributed by atoms with van der Waals surface area (Å²) < 4.78 is 45.1. The van der Waals surface area contributed by atoms with E-state index in [4.69, 9.17) is 10.5 Å². The first-order valence-corrected chi connectivity index (χ1v) is 7.54. The molecule has 0 radical (unpaired) electrons. The van der Waals surface area contributed by atoms with Gasteiger partial charge in [0.15, 0.2) is 0 Å². The number of anilines is 2. The third-order valence-electron chi connectivity index (χ3n) is 2.91. The van der Waals surface area contributed by atoms with Crippen LogP contribution in [0.25, 0.3) is 0 Å². The number of sulfonamides is 1. The molecule has 7 heteroatoms. The Balaban J connectivity index is 2.37. The molecule has 2 aromatic rings. The number of hydrogen-bond acceptors (Lipinski definition) is 4. The zero-order chi connectivity index (χ0) is 15.6. The van der Waals surface area contributed by atoms with Gasteiger partial charge in [0.2, 0.25) is 0 Å². The van der Waals surface area contributed by atoms with E-state index in [1.807, 2.05) is 0 Å². The van der Waals surface area contributed by atoms with Crippen LogP contribution in [0.3, 0.4) is 0 Å². The van der Waals surface area contributed by atoms with Gasteiger partial charge in [0.25, 0.3) is 10.0 Å². The molecule has 0 atom stereocenters. The number of aryl methyl sites for hydroxylation is 1. The van der Waals surface area contributed by atoms with Crippen LogP contribution in [0.2, 0.25) is 0 Å². The van der Waals surface area contributed by atoms with E-state index in [0.29, 0.717) is 22.7 Å². The molecule has 0 unspecified atom stereocenters. The molecule has 0 amide bonds. The van der Waals surface area contributed by atoms with Crippen molar-refractivity contribution in [3.63, 3.8) is 0 Å². The molecule has 2 rings (SSSR count). The summed E-state index contributed by atoms with van der Waals surface area (Å²) in [6.07, 6.45) is 0. The first-order valence-electron chi connectivity index (χ1n) is 6.06. The van der Waals surface area contributed by atoms with Crippen LogP contribution < -0.4 is 15.2 Å². The van der Waals surface area contributed by atoms with Crippen molar-refractivity contribution in [3.8, 4) is 5.75 Å². The normalized spacial score (nSPS) is 11.2. The zero-order valence-electron chi connectivity index (χ0n) is 11.6. The summed E-state index contributed by atoms with van der Waals surface area (Å²) >= 11 is 0. The standard InChI is InChI=1S/C14H15FN2O3S/c1-9-7-10(15)3-6-14(9)21(18,19)17-11-4-5-12(16)13(8-11)20-2/h3-8,17H,16H2,1-2H3. The van der Waals surface area contributed by atoms with Gasteiger partial charge in [-0.2, -0.15) is 0 Å². The topological polar surface area (TPSA) is 81.4 Å². The number of nitrogens with one attached hydrogen (secondary N) is 1. The number of ether oxygens (including phenoxy) is 1. The van der Waals surface area contributed by atoms with Crippen molar-refractivity contribution in [1.29, 1.82) is 0 Å². The van der Waals surface area contributed by atoms with Crippen LogP contribution in [-0.4, -0.2) is 15.5 Å². The first-order chi connectivity index (χ1) is 9.83. The summed E-state index contributed by atoms with van der Waals surface area (Å²) in [5.41, 5.74) is 6.71. The molecule has 0 saturated carbocycles. The monoisotopic (exact) mass is 310 g/mol. The fourth-order valence-corrected chi connectivity index (χ4v) is 3.18. The summed E-state index contributed by atoms with van der Waals surface area (Å²) in [5, 5.41) is 0. The predicted molar refractivity (Wildman–Crippen MR) is 79.4 cm³/mol. The van der Waals surface area contributed by atoms with Crippen molar-refractivity contribution in [2.24, 2.45) is 0 Å². The zero-order valence-corrected chi connectivity index (χ0v) is 12.4. The van der Waals surface area contributed by atoms with Gasteiger partial charge in [0.1, 0.15) is 11.6 Å². The molecule has 0 aliphatic carbocycles. The van der Waals surface area contributed by atoms with Gasteiger partial charge in [-0.15, -0.1) is 0 Å². The molecule has 0 bridgehead atoms. The summed E-state index contributed by atoms with van der Waals surface area (Å²) in [6, 6.07) is 8.03. The van der Waals surface area contributed by atoms with Gasteiger partial charge in [-0.05, 0) is 42.8 Å². The lowest BCUT2D eigenvalue weighted by Crippen LogP contribution is -2.14. The number of benzene rings is 2. The molecule has 0 spiro atoms. The van der Waals surface area contributed by atoms with Gasteiger partial charge in [-0.3, -0.25) is 4.72 Å². The average molecular weight is 310 g/mol. The predicted octanol–water partition coefficient (Wildman–Crippen LogP) is 2.53. The van der Waals surface area contributed by atoms with Crippen molar-refractivity contribution >= 4 is 21.4 Å². The van der Waals surface area contributed by atoms with Gasteiger partial charge in [-0.25, -0.2) is 12.8 Å². The third kappa shape index (κ3) is 3.25. The smallest absolute Gasteiger partial charge is 0.262 e. The maximum Gasteiger partial charge on any atom is 0.262 e. The van der Waals surface area contributed by atoms with Crippen LogP contribution in [0.15, 0.2) is 41.3 Å². The number of nitrogen functional groups attached to an aromatic ring is 1. The van der Waals surface area contributed by atoms with Crippen LogP contribution in [0, 0.1) is 12.7 Å². The molecule has 2 aromatic carbocycles. The van der Waals surface area contributed by atoms with Crippen molar-refractivity contribution in [3.05, 3.63) is 47.8 Å². The fourth-order valence-electron chi connectivity index (χ4n) is 1.90. The highest BCUT2D eigenvalue weighted by Gasteiger charge is 2.17. The second kappa shape index (κ2) is 5.61. The first kappa shape index (κ1) is 15.1. The second-order valence-electron chi connectivity index (χ2n) is 4.47. The van der Waals surface area contributed by atoms with E-state index in [0.717, 1.165) is 12.1 Å². The van der Waals surface area contributed by atoms with E-state index in [2.05, 4.69) is 4.72 Å². The van der Waals surface area contributed by atoms with E-state index in [1.54, 1.807) is 0 Å². The number of nitrogens with two attached hydrogens (primary N) is 1. The summed E-state index contributed by atoms with van der Waals surface area (Å²) in [4.78, 5) is 0.0136. The lowest BCUT2D eigenvalue weighted by atomic mass is 10.2. The number of halogens is 1. The fraction of sp³-hybridized carbons (Fsp3) is 0.143. The molecule has 0 saturated heterocycles. The van der Waals surface area contributed by atoms with Crippen LogP contribution >= 0.6 is 0 Å². The van der Waals surface area contributed by atoms with E-state index >= 15 is 0 Å². The Hall–Kier alpha value is -2.28. The number of rotatable bonds is 4. The van der Waals surface area contributed by atoms with Crippen LogP contribution in [-0.2, 0) is 10.0 Å². The molecule has 5 nitrogen and oxygen atoms in total. The molecule has 0 aliphatic rings. The maximum atomic E-state index is 13.1. The average Bonchev–Trinajstić information content (AvgIpc) is 2.40. The maximum absolute atomic E-state index is 13.1. The minimum Gasteiger partial charge on any atom is -0.495 e. The highest BCUT2D eigenvalue weighted by molar-refractivity contribution is 7.92. The Kier molecular flexibility index (Phi) is 4.04. The minimum absolute atomic E-state index is 0.0136. The Morgan fingerprint density at radius 2 is 1.90 bits per heavy atom. The van der Waals surface area contributed by atoms with Gasteiger partial charge in [0, 0.05) is 6.07 Å². The van der Waals surface area contributed by atoms with E-state index < -0.39 is 15.8 Å². The Labute approximate surface area is 122 Å². The lowest BCUT2D eigenvalue weighted by molar-refractivity contribution is 0.417. The van der Waals surface area contributed by atoms with Gasteiger partial charge < -0.3 is 10.5 Å². The van der Waals surface area contributed by atoms with Gasteiger partial charge in [0.05, 0.1) is 23.4 Å². The van der Waals surface area contributed by atoms with E-state index in [9.17, 15) is 12.8 Å². The van der Waals surface area contributed by atoms with Gasteiger partial charge >= 0.3 is 0 Å². The summed E-state index contributed by atoms with van der Waals surface area (Å²) in [6.45, 7) is 1.53. The highest BCUT2D eigenvalue weighted by atomic mass is 32.2. The molecule has 0 aliphatic heterocycles. The molecule has 0 aromatic heterocycles. The highest BCUT2D eigenvalue weighted by Crippen LogP contribution is 2.27. The quantitative estimate of drug-likeness (QED) is 0.850. The van der Waals surface area contributed by atoms with Crippen molar-refractivity contribution in [2.45, 2.75) is 11.8 Å². The molecular weight excluding hydrogens is 295 g/mol. The van der Waals surface area contributed by atoms with Gasteiger partial charge in [-0.1, -0.05) is 0 Å². The second-order valence-corrected chi connectivity index (χ2v) is 6.12. The largest absolute Gasteiger partial charge is 0.495 e. The number of methoxy groups -OCH3 is 1. The summed E-state index contributed by atoms with van der Waals surface area (Å²) in [5.74, 6) is -0.119. The molecule has 21 heavy (non-hydrogen) atoms. The van der Waals surface area contributed by atoms with Crippen molar-refractivity contribution in [2.75, 3.05) is 17.6 Å². The van der Waals surface area contributed by atoms with Crippen molar-refractivity contribution < 1.29 is 17.5 Å². The SMILES string of the molecule is COc1cc(NS(=O)(=O)c2ccc(F)cc2C)ccc1N. The van der Waals surface area contributed by atoms with Crippen LogP contribution in [0.5, 0.6) is 5.75 Å². The Morgan fingerprint density at radius 1 is 1.19 bits per heavy atom. The van der Waals surface area contributed by atoms with Crippen LogP contribution in [0.4, 0.5) is 15.8 Å². The van der Waals surface area contributed by atoms with Crippen molar-refractivity contribution in [1.82, 2.24) is 0 Å². The van der Waals surface area contributed by atoms with E-state index in [-0.39, 0.29) is 4.90 Å². The molecular formula is C14H15FN2O3S. The minimum atomic E-state index is -3.81. The summed E-state index contributed by atoms with van der Waals surface area (Å²) in [7, 11) is -2.37. The molecule has 0 heterocycles. The number of hydrogen-bond donors (Lipinski definition) is 2. The molecule has 3 N–H and O–H groups in total. The lowest BCUT2D eigenvalue weighted by Gasteiger charge is -2.12. The third-order valence-corrected chi connectivity index (χ3v) is 4.45. The Bertz CT molecular complexity index is 776. The molecule has 112 valence electrons.